The number of halogens is 1. The first-order chi connectivity index (χ1) is 7.19. The summed E-state index contributed by atoms with van der Waals surface area (Å²) in [5, 5.41) is 0.854. The van der Waals surface area contributed by atoms with Crippen molar-refractivity contribution in [1.29, 1.82) is 0 Å². The molecule has 0 unspecified atom stereocenters. The van der Waals surface area contributed by atoms with Crippen LogP contribution >= 0.6 is 11.6 Å². The molecule has 1 aromatic rings. The highest BCUT2D eigenvalue weighted by molar-refractivity contribution is 6.32. The largest absolute Gasteiger partial charge is 0.497 e. The molecule has 0 aliphatic rings. The summed E-state index contributed by atoms with van der Waals surface area (Å²) in [6.07, 6.45) is 3.07. The van der Waals surface area contributed by atoms with Crippen LogP contribution in [0.2, 0.25) is 5.02 Å². The molecule has 3 heteroatoms. The fourth-order valence-electron chi connectivity index (χ4n) is 1.57. The van der Waals surface area contributed by atoms with Gasteiger partial charge in [0.2, 0.25) is 0 Å². The Bertz CT molecular complexity index is 326. The minimum atomic E-state index is 0.737. The molecule has 0 bridgehead atoms. The van der Waals surface area contributed by atoms with Crippen molar-refractivity contribution in [3.63, 3.8) is 0 Å². The highest BCUT2D eigenvalue weighted by Gasteiger charge is 2.06. The number of nitrogens with two attached hydrogens (primary N) is 1. The lowest BCUT2D eigenvalue weighted by atomic mass is 10.0. The first-order valence-electron chi connectivity index (χ1n) is 5.22. The number of methoxy groups -OCH3 is 1. The third kappa shape index (κ3) is 3.40. The van der Waals surface area contributed by atoms with Gasteiger partial charge in [-0.3, -0.25) is 0 Å². The number of rotatable bonds is 5. The lowest BCUT2D eigenvalue weighted by Crippen LogP contribution is -1.99. The average Bonchev–Trinajstić information content (AvgIpc) is 2.24. The van der Waals surface area contributed by atoms with E-state index >= 15 is 0 Å². The van der Waals surface area contributed by atoms with Crippen LogP contribution in [-0.4, -0.2) is 13.7 Å². The molecule has 0 saturated carbocycles. The molecule has 0 spiro atoms. The van der Waals surface area contributed by atoms with Crippen LogP contribution in [0.15, 0.2) is 12.1 Å². The van der Waals surface area contributed by atoms with Crippen LogP contribution in [0.4, 0.5) is 0 Å². The van der Waals surface area contributed by atoms with Crippen LogP contribution in [0.3, 0.4) is 0 Å². The van der Waals surface area contributed by atoms with Crippen LogP contribution in [-0.2, 0) is 6.42 Å². The maximum absolute atomic E-state index is 6.21. The number of hydrogen-bond donors (Lipinski definition) is 1. The van der Waals surface area contributed by atoms with Crippen molar-refractivity contribution in [2.75, 3.05) is 13.7 Å². The molecule has 0 aliphatic carbocycles. The molecule has 2 N–H and O–H groups in total. The van der Waals surface area contributed by atoms with Gasteiger partial charge in [-0.15, -0.1) is 0 Å². The van der Waals surface area contributed by atoms with Crippen LogP contribution < -0.4 is 10.5 Å². The Balaban J connectivity index is 2.80. The van der Waals surface area contributed by atoms with Crippen LogP contribution in [0.25, 0.3) is 0 Å². The third-order valence-electron chi connectivity index (χ3n) is 2.44. The van der Waals surface area contributed by atoms with E-state index in [1.165, 1.54) is 0 Å². The van der Waals surface area contributed by atoms with E-state index in [1.54, 1.807) is 7.11 Å². The van der Waals surface area contributed by atoms with E-state index in [0.29, 0.717) is 0 Å². The van der Waals surface area contributed by atoms with Gasteiger partial charge in [-0.05, 0) is 56.0 Å². The van der Waals surface area contributed by atoms with E-state index in [2.05, 4.69) is 0 Å². The lowest BCUT2D eigenvalue weighted by Gasteiger charge is -2.09. The Hall–Kier alpha value is -0.730. The molecule has 0 aromatic heterocycles. The van der Waals surface area contributed by atoms with Crippen molar-refractivity contribution in [3.05, 3.63) is 28.3 Å². The number of ether oxygens (including phenoxy) is 1. The maximum atomic E-state index is 6.21. The molecule has 1 aromatic carbocycles. The van der Waals surface area contributed by atoms with Gasteiger partial charge >= 0.3 is 0 Å². The standard InChI is InChI=1S/C12H18ClNO/c1-9-7-11(15-2)8-10(12(9)13)5-3-4-6-14/h7-8H,3-6,14H2,1-2H3. The average molecular weight is 228 g/mol. The third-order valence-corrected chi connectivity index (χ3v) is 2.98. The van der Waals surface area contributed by atoms with Gasteiger partial charge in [0.05, 0.1) is 7.11 Å². The second-order valence-electron chi connectivity index (χ2n) is 3.66. The van der Waals surface area contributed by atoms with Crippen LogP contribution in [0, 0.1) is 6.92 Å². The van der Waals surface area contributed by atoms with E-state index in [0.717, 1.165) is 47.7 Å². The lowest BCUT2D eigenvalue weighted by molar-refractivity contribution is 0.414. The summed E-state index contributed by atoms with van der Waals surface area (Å²) >= 11 is 6.21. The Morgan fingerprint density at radius 1 is 1.33 bits per heavy atom. The van der Waals surface area contributed by atoms with Crippen molar-refractivity contribution in [1.82, 2.24) is 0 Å². The van der Waals surface area contributed by atoms with E-state index < -0.39 is 0 Å². The quantitative estimate of drug-likeness (QED) is 0.785. The van der Waals surface area contributed by atoms with Crippen molar-refractivity contribution < 1.29 is 4.74 Å². The summed E-state index contributed by atoms with van der Waals surface area (Å²) in [5.41, 5.74) is 7.68. The molecule has 0 radical (unpaired) electrons. The Labute approximate surface area is 96.4 Å². The van der Waals surface area contributed by atoms with E-state index in [9.17, 15) is 0 Å². The second kappa shape index (κ2) is 5.99. The summed E-state index contributed by atoms with van der Waals surface area (Å²) in [6.45, 7) is 2.73. The molecule has 0 heterocycles. The van der Waals surface area contributed by atoms with Gasteiger partial charge in [-0.2, -0.15) is 0 Å². The Kier molecular flexibility index (Phi) is 4.92. The molecule has 0 aliphatic heterocycles. The molecule has 0 saturated heterocycles. The smallest absolute Gasteiger partial charge is 0.119 e. The molecule has 0 atom stereocenters. The van der Waals surface area contributed by atoms with Crippen molar-refractivity contribution in [2.45, 2.75) is 26.2 Å². The molecule has 1 rings (SSSR count). The summed E-state index contributed by atoms with van der Waals surface area (Å²) in [6, 6.07) is 3.96. The zero-order chi connectivity index (χ0) is 11.3. The topological polar surface area (TPSA) is 35.2 Å². The highest BCUT2D eigenvalue weighted by atomic mass is 35.5. The van der Waals surface area contributed by atoms with Gasteiger partial charge in [0.25, 0.3) is 0 Å². The fourth-order valence-corrected chi connectivity index (χ4v) is 1.77. The zero-order valence-corrected chi connectivity index (χ0v) is 10.1. The molecule has 84 valence electrons. The Morgan fingerprint density at radius 3 is 2.67 bits per heavy atom. The van der Waals surface area contributed by atoms with Crippen molar-refractivity contribution in [2.24, 2.45) is 5.73 Å². The van der Waals surface area contributed by atoms with Gasteiger partial charge < -0.3 is 10.5 Å². The highest BCUT2D eigenvalue weighted by Crippen LogP contribution is 2.27. The SMILES string of the molecule is COc1cc(C)c(Cl)c(CCCCN)c1. The zero-order valence-electron chi connectivity index (χ0n) is 9.35. The fraction of sp³-hybridized carbons (Fsp3) is 0.500. The van der Waals surface area contributed by atoms with Gasteiger partial charge in [-0.25, -0.2) is 0 Å². The van der Waals surface area contributed by atoms with E-state index in [1.807, 2.05) is 19.1 Å². The minimum absolute atomic E-state index is 0.737. The molecule has 0 amide bonds. The van der Waals surface area contributed by atoms with Crippen LogP contribution in [0.5, 0.6) is 5.75 Å². The van der Waals surface area contributed by atoms with Gasteiger partial charge in [0.15, 0.2) is 0 Å². The molecule has 15 heavy (non-hydrogen) atoms. The van der Waals surface area contributed by atoms with Crippen molar-refractivity contribution >= 4 is 11.6 Å². The predicted octanol–water partition coefficient (Wildman–Crippen LogP) is 2.94. The normalized spacial score (nSPS) is 10.4. The second-order valence-corrected chi connectivity index (χ2v) is 4.04. The van der Waals surface area contributed by atoms with Gasteiger partial charge in [0.1, 0.15) is 5.75 Å². The first kappa shape index (κ1) is 12.3. The first-order valence-corrected chi connectivity index (χ1v) is 5.60. The molecular formula is C12H18ClNO. The Morgan fingerprint density at radius 2 is 2.07 bits per heavy atom. The van der Waals surface area contributed by atoms with Gasteiger partial charge in [0, 0.05) is 5.02 Å². The maximum Gasteiger partial charge on any atom is 0.119 e. The van der Waals surface area contributed by atoms with Crippen LogP contribution in [0.1, 0.15) is 24.0 Å². The monoisotopic (exact) mass is 227 g/mol. The summed E-state index contributed by atoms with van der Waals surface area (Å²) < 4.78 is 5.21. The summed E-state index contributed by atoms with van der Waals surface area (Å²) in [7, 11) is 1.67. The van der Waals surface area contributed by atoms with Gasteiger partial charge in [-0.1, -0.05) is 11.6 Å². The predicted molar refractivity (Wildman–Crippen MR) is 64.7 cm³/mol. The minimum Gasteiger partial charge on any atom is -0.497 e. The molecule has 0 fully saturated rings. The van der Waals surface area contributed by atoms with E-state index in [4.69, 9.17) is 22.1 Å². The molecule has 2 nitrogen and oxygen atoms in total. The molecular weight excluding hydrogens is 210 g/mol. The number of hydrogen-bond acceptors (Lipinski definition) is 2. The summed E-state index contributed by atoms with van der Waals surface area (Å²) in [5.74, 6) is 0.875. The number of unbranched alkanes of at least 4 members (excludes halogenated alkanes) is 1. The van der Waals surface area contributed by atoms with E-state index in [-0.39, 0.29) is 0 Å². The summed E-state index contributed by atoms with van der Waals surface area (Å²) in [4.78, 5) is 0. The number of benzene rings is 1. The number of aryl methyl sites for hydroxylation is 2. The van der Waals surface area contributed by atoms with Crippen molar-refractivity contribution in [3.8, 4) is 5.75 Å².